The van der Waals surface area contributed by atoms with Crippen LogP contribution < -0.4 is 5.73 Å². The number of oxazole rings is 1. The molecule has 4 rings (SSSR count). The van der Waals surface area contributed by atoms with Crippen LogP contribution >= 0.6 is 0 Å². The van der Waals surface area contributed by atoms with Crippen molar-refractivity contribution < 1.29 is 14.0 Å². The summed E-state index contributed by atoms with van der Waals surface area (Å²) in [5.74, 6) is 1.31. The van der Waals surface area contributed by atoms with Gasteiger partial charge in [0.1, 0.15) is 5.76 Å². The fourth-order valence-electron chi connectivity index (χ4n) is 4.33. The lowest BCUT2D eigenvalue weighted by molar-refractivity contribution is -0.130. The average molecular weight is 346 g/mol. The molecular weight excluding hydrogens is 320 g/mol. The molecule has 0 saturated carbocycles. The van der Waals surface area contributed by atoms with Crippen LogP contribution in [0.4, 0.5) is 0 Å². The fraction of sp³-hybridized carbons (Fsp3) is 0.722. The quantitative estimate of drug-likeness (QED) is 0.872. The molecule has 2 N–H and O–H groups in total. The zero-order valence-electron chi connectivity index (χ0n) is 14.6. The third kappa shape index (κ3) is 3.42. The van der Waals surface area contributed by atoms with Gasteiger partial charge in [-0.2, -0.15) is 0 Å². The highest BCUT2D eigenvalue weighted by atomic mass is 16.4. The molecule has 0 radical (unpaired) electrons. The summed E-state index contributed by atoms with van der Waals surface area (Å²) in [7, 11) is 0. The molecule has 1 unspecified atom stereocenters. The summed E-state index contributed by atoms with van der Waals surface area (Å²) in [5, 5.41) is 0. The largest absolute Gasteiger partial charge is 0.444 e. The molecule has 25 heavy (non-hydrogen) atoms. The maximum atomic E-state index is 12.2. The van der Waals surface area contributed by atoms with Crippen molar-refractivity contribution in [2.75, 3.05) is 19.6 Å². The Labute approximate surface area is 147 Å². The number of likely N-dealkylation sites (tertiary alicyclic amines) is 2. The Kier molecular flexibility index (Phi) is 4.50. The standard InChI is InChI=1S/C18H26N4O3/c19-18(24)12-9-17(23)22(10-12)13-5-7-21(8-6-13)11-16-20-14-3-1-2-4-15(14)25-16/h12-13H,1-11H2,(H2,19,24). The van der Waals surface area contributed by atoms with E-state index >= 15 is 0 Å². The van der Waals surface area contributed by atoms with E-state index in [9.17, 15) is 9.59 Å². The van der Waals surface area contributed by atoms with Crippen molar-refractivity contribution in [3.63, 3.8) is 0 Å². The molecule has 2 amide bonds. The van der Waals surface area contributed by atoms with Gasteiger partial charge >= 0.3 is 0 Å². The van der Waals surface area contributed by atoms with Crippen molar-refractivity contribution in [2.45, 2.75) is 57.5 Å². The van der Waals surface area contributed by atoms with Gasteiger partial charge in [0.05, 0.1) is 18.2 Å². The van der Waals surface area contributed by atoms with Crippen LogP contribution in [0.1, 0.15) is 49.4 Å². The summed E-state index contributed by atoms with van der Waals surface area (Å²) >= 11 is 0. The van der Waals surface area contributed by atoms with E-state index in [-0.39, 0.29) is 30.2 Å². The van der Waals surface area contributed by atoms with Gasteiger partial charge in [0, 0.05) is 38.5 Å². The molecule has 1 aromatic heterocycles. The molecule has 3 heterocycles. The lowest BCUT2D eigenvalue weighted by Gasteiger charge is -2.36. The molecule has 0 bridgehead atoms. The second-order valence-corrected chi connectivity index (χ2v) is 7.54. The van der Waals surface area contributed by atoms with E-state index in [2.05, 4.69) is 9.88 Å². The summed E-state index contributed by atoms with van der Waals surface area (Å²) in [6, 6.07) is 0.228. The Balaban J connectivity index is 1.30. The number of piperidine rings is 1. The molecule has 2 saturated heterocycles. The Morgan fingerprint density at radius 2 is 2.00 bits per heavy atom. The number of nitrogens with zero attached hydrogens (tertiary/aromatic N) is 3. The van der Waals surface area contributed by atoms with Crippen LogP contribution in [-0.4, -0.2) is 52.3 Å². The predicted molar refractivity (Wildman–Crippen MR) is 90.5 cm³/mol. The van der Waals surface area contributed by atoms with Crippen molar-refractivity contribution in [3.8, 4) is 0 Å². The normalized spacial score (nSPS) is 25.4. The van der Waals surface area contributed by atoms with E-state index in [1.54, 1.807) is 0 Å². The van der Waals surface area contributed by atoms with Gasteiger partial charge in [0.15, 0.2) is 0 Å². The minimum absolute atomic E-state index is 0.0719. The molecule has 7 heteroatoms. The lowest BCUT2D eigenvalue weighted by Crippen LogP contribution is -2.45. The van der Waals surface area contributed by atoms with Crippen LogP contribution in [0.5, 0.6) is 0 Å². The minimum atomic E-state index is -0.360. The maximum absolute atomic E-state index is 12.2. The van der Waals surface area contributed by atoms with Gasteiger partial charge < -0.3 is 15.1 Å². The van der Waals surface area contributed by atoms with Crippen molar-refractivity contribution >= 4 is 11.8 Å². The molecule has 2 aliphatic heterocycles. The first-order valence-electron chi connectivity index (χ1n) is 9.38. The highest BCUT2D eigenvalue weighted by Gasteiger charge is 2.38. The van der Waals surface area contributed by atoms with Crippen LogP contribution in [0.2, 0.25) is 0 Å². The molecule has 136 valence electrons. The van der Waals surface area contributed by atoms with E-state index in [0.717, 1.165) is 62.7 Å². The Hall–Kier alpha value is -1.89. The van der Waals surface area contributed by atoms with Gasteiger partial charge in [-0.3, -0.25) is 14.5 Å². The van der Waals surface area contributed by atoms with E-state index in [1.807, 2.05) is 4.90 Å². The number of carbonyl (C=O) groups is 2. The number of hydrogen-bond acceptors (Lipinski definition) is 5. The molecular formula is C18H26N4O3. The van der Waals surface area contributed by atoms with Gasteiger partial charge in [-0.15, -0.1) is 0 Å². The zero-order valence-corrected chi connectivity index (χ0v) is 14.6. The molecule has 7 nitrogen and oxygen atoms in total. The summed E-state index contributed by atoms with van der Waals surface area (Å²) < 4.78 is 5.92. The molecule has 2 fully saturated rings. The molecule has 3 aliphatic rings. The van der Waals surface area contributed by atoms with Crippen molar-refractivity contribution in [1.29, 1.82) is 0 Å². The monoisotopic (exact) mass is 346 g/mol. The van der Waals surface area contributed by atoms with Gasteiger partial charge in [-0.05, 0) is 32.1 Å². The first-order valence-corrected chi connectivity index (χ1v) is 9.38. The third-order valence-electron chi connectivity index (χ3n) is 5.81. The van der Waals surface area contributed by atoms with Gasteiger partial charge in [0.2, 0.25) is 17.7 Å². The summed E-state index contributed by atoms with van der Waals surface area (Å²) in [6.07, 6.45) is 6.60. The van der Waals surface area contributed by atoms with E-state index in [0.29, 0.717) is 6.54 Å². The van der Waals surface area contributed by atoms with Crippen LogP contribution in [0.15, 0.2) is 4.42 Å². The number of primary amides is 1. The average Bonchev–Trinajstić information content (AvgIpc) is 3.18. The van der Waals surface area contributed by atoms with Crippen molar-refractivity contribution in [3.05, 3.63) is 17.3 Å². The van der Waals surface area contributed by atoms with E-state index in [1.165, 1.54) is 12.8 Å². The van der Waals surface area contributed by atoms with Crippen LogP contribution in [-0.2, 0) is 29.0 Å². The Morgan fingerprint density at radius 1 is 1.24 bits per heavy atom. The van der Waals surface area contributed by atoms with Crippen molar-refractivity contribution in [1.82, 2.24) is 14.8 Å². The first kappa shape index (κ1) is 16.6. The summed E-state index contributed by atoms with van der Waals surface area (Å²) in [4.78, 5) is 32.4. The van der Waals surface area contributed by atoms with E-state index in [4.69, 9.17) is 10.2 Å². The zero-order chi connectivity index (χ0) is 17.4. The Bertz CT molecular complexity index is 640. The second-order valence-electron chi connectivity index (χ2n) is 7.54. The highest BCUT2D eigenvalue weighted by molar-refractivity contribution is 5.88. The van der Waals surface area contributed by atoms with Gasteiger partial charge in [-0.25, -0.2) is 4.98 Å². The number of fused-ring (bicyclic) bond motifs is 1. The molecule has 0 aromatic carbocycles. The lowest BCUT2D eigenvalue weighted by atomic mass is 10.0. The summed E-state index contributed by atoms with van der Waals surface area (Å²) in [6.45, 7) is 3.08. The first-order chi connectivity index (χ1) is 12.1. The SMILES string of the molecule is NC(=O)C1CC(=O)N(C2CCN(Cc3nc4c(o3)CCCC4)CC2)C1. The third-order valence-corrected chi connectivity index (χ3v) is 5.81. The Morgan fingerprint density at radius 3 is 2.68 bits per heavy atom. The number of nitrogens with two attached hydrogens (primary N) is 1. The van der Waals surface area contributed by atoms with Crippen molar-refractivity contribution in [2.24, 2.45) is 11.7 Å². The second kappa shape index (κ2) is 6.78. The number of rotatable bonds is 4. The number of carbonyl (C=O) groups excluding carboxylic acids is 2. The molecule has 1 atom stereocenters. The minimum Gasteiger partial charge on any atom is -0.444 e. The maximum Gasteiger partial charge on any atom is 0.223 e. The molecule has 1 aliphatic carbocycles. The summed E-state index contributed by atoms with van der Waals surface area (Å²) in [5.41, 5.74) is 6.51. The van der Waals surface area contributed by atoms with Crippen LogP contribution in [0.25, 0.3) is 0 Å². The van der Waals surface area contributed by atoms with Gasteiger partial charge in [-0.1, -0.05) is 0 Å². The van der Waals surface area contributed by atoms with Crippen LogP contribution in [0, 0.1) is 5.92 Å². The topological polar surface area (TPSA) is 92.7 Å². The van der Waals surface area contributed by atoms with E-state index < -0.39 is 0 Å². The number of amides is 2. The number of aryl methyl sites for hydroxylation is 2. The van der Waals surface area contributed by atoms with Gasteiger partial charge in [0.25, 0.3) is 0 Å². The predicted octanol–water partition coefficient (Wildman–Crippen LogP) is 0.852. The molecule has 0 spiro atoms. The number of hydrogen-bond donors (Lipinski definition) is 1. The smallest absolute Gasteiger partial charge is 0.223 e. The molecule has 1 aromatic rings. The number of aromatic nitrogens is 1. The van der Waals surface area contributed by atoms with Crippen LogP contribution in [0.3, 0.4) is 0 Å². The highest BCUT2D eigenvalue weighted by Crippen LogP contribution is 2.27. The fourth-order valence-corrected chi connectivity index (χ4v) is 4.33.